The number of hydrogen-bond acceptors (Lipinski definition) is 7. The van der Waals surface area contributed by atoms with Crippen LogP contribution in [0.15, 0.2) is 72.9 Å². The standard InChI is InChI=1S/C45H78NO8P/c1-6-8-10-12-14-16-18-20-22-23-24-26-27-29-31-33-35-37-44(47)51-41-43(42-53-55(49,50)52-40-39-46(3,4)5)54-45(48)38-36-34-32-30-28-25-21-19-17-15-13-11-9-7-2/h8,10,14,16,19-22,24,26,29,31,43H,6-7,9,11-13,15,17-18,23,25,27-28,30,32-42H2,1-5H3/p+1/b10-8-,16-14-,21-19-,22-20-,26-24-,31-29-/t43-/m1/s1. The number of allylic oxidation sites excluding steroid dienone is 12. The first-order valence-electron chi connectivity index (χ1n) is 21.2. The lowest BCUT2D eigenvalue weighted by Gasteiger charge is -2.24. The van der Waals surface area contributed by atoms with Crippen molar-refractivity contribution < 1.29 is 42.1 Å². The molecule has 2 atom stereocenters. The second-order valence-corrected chi connectivity index (χ2v) is 16.4. The molecule has 0 aliphatic rings. The number of quaternary nitrogens is 1. The number of nitrogens with zero attached hydrogens (tertiary/aromatic N) is 1. The lowest BCUT2D eigenvalue weighted by Crippen LogP contribution is -2.37. The molecule has 0 heterocycles. The van der Waals surface area contributed by atoms with E-state index in [9.17, 15) is 19.0 Å². The summed E-state index contributed by atoms with van der Waals surface area (Å²) < 4.78 is 34.2. The SMILES string of the molecule is CC/C=C\C/C=C\C/C=C\C/C=C\C/C=C\CCCC(=O)OC[C@H](COP(=O)(O)OCC[N+](C)(C)C)OC(=O)CCCCCCC/C=C\CCCCCCC. The van der Waals surface area contributed by atoms with E-state index >= 15 is 0 Å². The molecule has 0 bridgehead atoms. The van der Waals surface area contributed by atoms with Gasteiger partial charge in [0, 0.05) is 12.8 Å². The molecule has 0 radical (unpaired) electrons. The van der Waals surface area contributed by atoms with Crippen molar-refractivity contribution in [2.75, 3.05) is 47.5 Å². The maximum Gasteiger partial charge on any atom is 0.472 e. The van der Waals surface area contributed by atoms with E-state index < -0.39 is 32.5 Å². The molecule has 0 saturated heterocycles. The minimum absolute atomic E-state index is 0.0179. The van der Waals surface area contributed by atoms with Crippen molar-refractivity contribution in [2.24, 2.45) is 0 Å². The van der Waals surface area contributed by atoms with Gasteiger partial charge in [-0.05, 0) is 77.0 Å². The molecule has 1 unspecified atom stereocenters. The van der Waals surface area contributed by atoms with Gasteiger partial charge in [0.05, 0.1) is 27.7 Å². The van der Waals surface area contributed by atoms with Gasteiger partial charge in [0.2, 0.25) is 0 Å². The molecule has 0 rings (SSSR count). The number of rotatable bonds is 37. The number of likely N-dealkylation sites (N-methyl/N-ethyl adjacent to an activating group) is 1. The normalized spacial score (nSPS) is 14.4. The van der Waals surface area contributed by atoms with Crippen LogP contribution in [-0.2, 0) is 32.7 Å². The summed E-state index contributed by atoms with van der Waals surface area (Å²) in [6.07, 6.45) is 45.3. The molecule has 1 N–H and O–H groups in total. The number of ether oxygens (including phenoxy) is 2. The number of phosphoric acid groups is 1. The molecule has 0 aromatic carbocycles. The van der Waals surface area contributed by atoms with Gasteiger partial charge in [0.1, 0.15) is 19.8 Å². The van der Waals surface area contributed by atoms with Gasteiger partial charge in [-0.1, -0.05) is 132 Å². The fraction of sp³-hybridized carbons (Fsp3) is 0.689. The molecular formula is C45H79NO8P+. The Balaban J connectivity index is 4.51. The Kier molecular flexibility index (Phi) is 35.3. The van der Waals surface area contributed by atoms with Crippen molar-refractivity contribution in [3.05, 3.63) is 72.9 Å². The smallest absolute Gasteiger partial charge is 0.462 e. The second kappa shape index (κ2) is 37.1. The molecule has 0 fully saturated rings. The highest BCUT2D eigenvalue weighted by molar-refractivity contribution is 7.47. The average molecular weight is 793 g/mol. The van der Waals surface area contributed by atoms with Gasteiger partial charge in [-0.2, -0.15) is 0 Å². The van der Waals surface area contributed by atoms with E-state index in [0.717, 1.165) is 70.6 Å². The fourth-order valence-corrected chi connectivity index (χ4v) is 5.90. The molecule has 9 nitrogen and oxygen atoms in total. The largest absolute Gasteiger partial charge is 0.472 e. The summed E-state index contributed by atoms with van der Waals surface area (Å²) in [4.78, 5) is 35.3. The highest BCUT2D eigenvalue weighted by atomic mass is 31.2. The Morgan fingerprint density at radius 2 is 1.05 bits per heavy atom. The van der Waals surface area contributed by atoms with Crippen LogP contribution in [0.2, 0.25) is 0 Å². The van der Waals surface area contributed by atoms with E-state index in [4.69, 9.17) is 18.5 Å². The zero-order chi connectivity index (χ0) is 40.7. The minimum atomic E-state index is -4.39. The summed E-state index contributed by atoms with van der Waals surface area (Å²) in [6.45, 7) is 4.20. The van der Waals surface area contributed by atoms with Gasteiger partial charge in [0.25, 0.3) is 0 Å². The van der Waals surface area contributed by atoms with Crippen LogP contribution in [0.4, 0.5) is 0 Å². The van der Waals surface area contributed by atoms with Crippen LogP contribution in [0.1, 0.15) is 149 Å². The Labute approximate surface area is 336 Å². The number of hydrogen-bond donors (Lipinski definition) is 1. The van der Waals surface area contributed by atoms with E-state index in [1.807, 2.05) is 21.1 Å². The zero-order valence-electron chi connectivity index (χ0n) is 35.4. The predicted molar refractivity (Wildman–Crippen MR) is 229 cm³/mol. The maximum atomic E-state index is 12.7. The number of unbranched alkanes of at least 4 members (excludes halogenated alkanes) is 11. The molecule has 0 aromatic heterocycles. The van der Waals surface area contributed by atoms with Gasteiger partial charge in [-0.15, -0.1) is 0 Å². The Bertz CT molecular complexity index is 1170. The molecule has 0 spiro atoms. The summed E-state index contributed by atoms with van der Waals surface area (Å²) in [7, 11) is 1.43. The number of carbonyl (C=O) groups excluding carboxylic acids is 2. The summed E-state index contributed by atoms with van der Waals surface area (Å²) >= 11 is 0. The van der Waals surface area contributed by atoms with Crippen molar-refractivity contribution in [1.82, 2.24) is 0 Å². The molecule has 0 saturated carbocycles. The Morgan fingerprint density at radius 1 is 0.582 bits per heavy atom. The highest BCUT2D eigenvalue weighted by Crippen LogP contribution is 2.43. The minimum Gasteiger partial charge on any atom is -0.462 e. The van der Waals surface area contributed by atoms with Gasteiger partial charge >= 0.3 is 19.8 Å². The third-order valence-corrected chi connectivity index (χ3v) is 9.45. The van der Waals surface area contributed by atoms with Crippen molar-refractivity contribution >= 4 is 19.8 Å². The number of carbonyl (C=O) groups is 2. The highest BCUT2D eigenvalue weighted by Gasteiger charge is 2.27. The Morgan fingerprint density at radius 3 is 1.62 bits per heavy atom. The Hall–Kier alpha value is -2.55. The number of phosphoric ester groups is 1. The first-order valence-corrected chi connectivity index (χ1v) is 22.7. The van der Waals surface area contributed by atoms with Gasteiger partial charge in [-0.25, -0.2) is 4.57 Å². The average Bonchev–Trinajstić information content (AvgIpc) is 3.13. The molecular weight excluding hydrogens is 713 g/mol. The fourth-order valence-electron chi connectivity index (χ4n) is 5.16. The van der Waals surface area contributed by atoms with Crippen molar-refractivity contribution in [3.8, 4) is 0 Å². The molecule has 55 heavy (non-hydrogen) atoms. The third kappa shape index (κ3) is 40.9. The summed E-state index contributed by atoms with van der Waals surface area (Å²) in [5.74, 6) is -0.884. The molecule has 0 aliphatic carbocycles. The summed E-state index contributed by atoms with van der Waals surface area (Å²) in [6, 6.07) is 0. The molecule has 0 amide bonds. The van der Waals surface area contributed by atoms with E-state index in [2.05, 4.69) is 86.8 Å². The van der Waals surface area contributed by atoms with Crippen LogP contribution in [0.25, 0.3) is 0 Å². The third-order valence-electron chi connectivity index (χ3n) is 8.47. The molecule has 0 aliphatic heterocycles. The topological polar surface area (TPSA) is 108 Å². The van der Waals surface area contributed by atoms with Crippen LogP contribution in [0.5, 0.6) is 0 Å². The van der Waals surface area contributed by atoms with Crippen LogP contribution < -0.4 is 0 Å². The van der Waals surface area contributed by atoms with Crippen molar-refractivity contribution in [2.45, 2.75) is 155 Å². The quantitative estimate of drug-likeness (QED) is 0.0218. The first-order chi connectivity index (χ1) is 26.5. The van der Waals surface area contributed by atoms with Crippen LogP contribution >= 0.6 is 7.82 Å². The summed E-state index contributed by atoms with van der Waals surface area (Å²) in [5.41, 5.74) is 0. The van der Waals surface area contributed by atoms with E-state index in [0.29, 0.717) is 23.9 Å². The van der Waals surface area contributed by atoms with E-state index in [1.165, 1.54) is 38.5 Å². The zero-order valence-corrected chi connectivity index (χ0v) is 36.3. The maximum absolute atomic E-state index is 12.7. The van der Waals surface area contributed by atoms with Gasteiger partial charge in [-0.3, -0.25) is 18.6 Å². The summed E-state index contributed by atoms with van der Waals surface area (Å²) in [5, 5.41) is 0. The second-order valence-electron chi connectivity index (χ2n) is 15.0. The van der Waals surface area contributed by atoms with Gasteiger partial charge < -0.3 is 18.9 Å². The monoisotopic (exact) mass is 793 g/mol. The lowest BCUT2D eigenvalue weighted by atomic mass is 10.1. The van der Waals surface area contributed by atoms with Crippen LogP contribution in [0.3, 0.4) is 0 Å². The van der Waals surface area contributed by atoms with E-state index in [-0.39, 0.29) is 26.1 Å². The molecule has 10 heteroatoms. The van der Waals surface area contributed by atoms with Crippen molar-refractivity contribution in [1.29, 1.82) is 0 Å². The predicted octanol–water partition coefficient (Wildman–Crippen LogP) is 11.9. The molecule has 316 valence electrons. The lowest BCUT2D eigenvalue weighted by molar-refractivity contribution is -0.870. The van der Waals surface area contributed by atoms with Crippen molar-refractivity contribution in [3.63, 3.8) is 0 Å². The number of esters is 2. The van der Waals surface area contributed by atoms with E-state index in [1.54, 1.807) is 0 Å². The first kappa shape index (κ1) is 52.5. The van der Waals surface area contributed by atoms with Crippen LogP contribution in [-0.4, -0.2) is 74.9 Å². The van der Waals surface area contributed by atoms with Gasteiger partial charge in [0.15, 0.2) is 6.10 Å². The van der Waals surface area contributed by atoms with Crippen LogP contribution in [0, 0.1) is 0 Å². The molecule has 0 aromatic rings.